The molecule has 1 aromatic heterocycles. The molecule has 1 N–H and O–H groups in total. The van der Waals surface area contributed by atoms with Crippen molar-refractivity contribution in [3.05, 3.63) is 28.2 Å². The molecule has 2 rings (SSSR count). The molecule has 1 aliphatic rings. The molecule has 0 saturated carbocycles. The summed E-state index contributed by atoms with van der Waals surface area (Å²) >= 11 is 3.08. The van der Waals surface area contributed by atoms with Crippen LogP contribution < -0.4 is 5.32 Å². The molecule has 0 unspecified atom stereocenters. The number of hydrogen-bond donors (Lipinski definition) is 1. The van der Waals surface area contributed by atoms with Gasteiger partial charge in [0.05, 0.1) is 13.2 Å². The Labute approximate surface area is 115 Å². The lowest BCUT2D eigenvalue weighted by molar-refractivity contribution is 0.0384. The van der Waals surface area contributed by atoms with Gasteiger partial charge in [0.2, 0.25) is 0 Å². The lowest BCUT2D eigenvalue weighted by atomic mass is 10.2. The topological polar surface area (TPSA) is 37.4 Å². The van der Waals surface area contributed by atoms with E-state index >= 15 is 0 Å². The highest BCUT2D eigenvalue weighted by Crippen LogP contribution is 2.15. The predicted molar refractivity (Wildman–Crippen MR) is 70.9 cm³/mol. The van der Waals surface area contributed by atoms with E-state index in [2.05, 4.69) is 31.1 Å². The fourth-order valence-electron chi connectivity index (χ4n) is 1.88. The number of nitrogens with one attached hydrogen (secondary N) is 1. The second kappa shape index (κ2) is 7.13. The van der Waals surface area contributed by atoms with Gasteiger partial charge in [0.25, 0.3) is 0 Å². The molecule has 0 aromatic carbocycles. The fourth-order valence-corrected chi connectivity index (χ4v) is 2.25. The molecule has 0 atom stereocenters. The molecular formula is C12H17BrFN3O. The monoisotopic (exact) mass is 317 g/mol. The number of ether oxygens (including phenoxy) is 1. The Kier molecular flexibility index (Phi) is 5.49. The second-order valence-electron chi connectivity index (χ2n) is 4.21. The summed E-state index contributed by atoms with van der Waals surface area (Å²) in [5, 5.41) is 3.25. The third kappa shape index (κ3) is 3.98. The maximum atomic E-state index is 13.6. The van der Waals surface area contributed by atoms with Crippen molar-refractivity contribution in [2.45, 2.75) is 6.54 Å². The van der Waals surface area contributed by atoms with E-state index in [4.69, 9.17) is 4.74 Å². The number of rotatable bonds is 5. The fraction of sp³-hybridized carbons (Fsp3) is 0.583. The van der Waals surface area contributed by atoms with Gasteiger partial charge in [0, 0.05) is 44.5 Å². The first-order valence-electron chi connectivity index (χ1n) is 6.07. The first-order chi connectivity index (χ1) is 8.77. The van der Waals surface area contributed by atoms with Gasteiger partial charge in [-0.05, 0) is 22.0 Å². The number of halogens is 2. The molecule has 1 saturated heterocycles. The van der Waals surface area contributed by atoms with Crippen molar-refractivity contribution in [2.24, 2.45) is 0 Å². The maximum absolute atomic E-state index is 13.6. The van der Waals surface area contributed by atoms with E-state index in [1.54, 1.807) is 12.3 Å². The molecule has 0 bridgehead atoms. The molecule has 0 aliphatic carbocycles. The summed E-state index contributed by atoms with van der Waals surface area (Å²) in [6, 6.07) is 1.70. The molecule has 1 aliphatic heterocycles. The Balaban J connectivity index is 1.70. The highest BCUT2D eigenvalue weighted by atomic mass is 79.9. The van der Waals surface area contributed by atoms with E-state index in [1.807, 2.05) is 0 Å². The molecule has 18 heavy (non-hydrogen) atoms. The van der Waals surface area contributed by atoms with Crippen molar-refractivity contribution in [2.75, 3.05) is 39.4 Å². The van der Waals surface area contributed by atoms with E-state index in [0.717, 1.165) is 39.4 Å². The second-order valence-corrected chi connectivity index (χ2v) is 4.96. The first kappa shape index (κ1) is 13.9. The lowest BCUT2D eigenvalue weighted by Crippen LogP contribution is -2.40. The van der Waals surface area contributed by atoms with Crippen LogP contribution in [0.1, 0.15) is 5.56 Å². The average molecular weight is 318 g/mol. The SMILES string of the molecule is Fc1c(CNCCN2CCOCC2)ccnc1Br. The van der Waals surface area contributed by atoms with Crippen molar-refractivity contribution in [3.8, 4) is 0 Å². The Morgan fingerprint density at radius 3 is 3.00 bits per heavy atom. The van der Waals surface area contributed by atoms with Crippen molar-refractivity contribution in [1.29, 1.82) is 0 Å². The van der Waals surface area contributed by atoms with Crippen LogP contribution >= 0.6 is 15.9 Å². The zero-order valence-electron chi connectivity index (χ0n) is 10.2. The summed E-state index contributed by atoms with van der Waals surface area (Å²) in [5.74, 6) is -0.281. The van der Waals surface area contributed by atoms with E-state index in [1.165, 1.54) is 0 Å². The lowest BCUT2D eigenvalue weighted by Gasteiger charge is -2.26. The normalized spacial score (nSPS) is 17.0. The Bertz CT molecular complexity index is 386. The molecule has 1 fully saturated rings. The van der Waals surface area contributed by atoms with Gasteiger partial charge in [-0.1, -0.05) is 0 Å². The summed E-state index contributed by atoms with van der Waals surface area (Å²) < 4.78 is 19.2. The van der Waals surface area contributed by atoms with Crippen molar-refractivity contribution < 1.29 is 9.13 Å². The summed E-state index contributed by atoms with van der Waals surface area (Å²) in [6.45, 7) is 5.93. The van der Waals surface area contributed by atoms with Crippen molar-refractivity contribution in [3.63, 3.8) is 0 Å². The number of nitrogens with zero attached hydrogens (tertiary/aromatic N) is 2. The molecule has 2 heterocycles. The quantitative estimate of drug-likeness (QED) is 0.658. The average Bonchev–Trinajstić information content (AvgIpc) is 2.40. The number of pyridine rings is 1. The zero-order chi connectivity index (χ0) is 12.8. The standard InChI is InChI=1S/C12H17BrFN3O/c13-12-11(14)10(1-2-16-12)9-15-3-4-17-5-7-18-8-6-17/h1-2,15H,3-9H2. The van der Waals surface area contributed by atoms with Crippen LogP contribution in [-0.4, -0.2) is 49.3 Å². The number of hydrogen-bond acceptors (Lipinski definition) is 4. The van der Waals surface area contributed by atoms with Gasteiger partial charge in [-0.25, -0.2) is 9.37 Å². The van der Waals surface area contributed by atoms with Gasteiger partial charge in [0.1, 0.15) is 4.60 Å². The Hall–Kier alpha value is -0.560. The van der Waals surface area contributed by atoms with Crippen molar-refractivity contribution in [1.82, 2.24) is 15.2 Å². The van der Waals surface area contributed by atoms with E-state index in [9.17, 15) is 4.39 Å². The summed E-state index contributed by atoms with van der Waals surface area (Å²) in [7, 11) is 0. The highest BCUT2D eigenvalue weighted by molar-refractivity contribution is 9.10. The third-order valence-electron chi connectivity index (χ3n) is 2.95. The largest absolute Gasteiger partial charge is 0.379 e. The molecule has 0 spiro atoms. The van der Waals surface area contributed by atoms with E-state index < -0.39 is 0 Å². The zero-order valence-corrected chi connectivity index (χ0v) is 11.7. The number of morpholine rings is 1. The summed E-state index contributed by atoms with van der Waals surface area (Å²) in [4.78, 5) is 6.18. The van der Waals surface area contributed by atoms with E-state index in [0.29, 0.717) is 12.1 Å². The Morgan fingerprint density at radius 1 is 1.44 bits per heavy atom. The molecule has 4 nitrogen and oxygen atoms in total. The van der Waals surface area contributed by atoms with Crippen LogP contribution in [0.5, 0.6) is 0 Å². The van der Waals surface area contributed by atoms with Crippen LogP contribution in [-0.2, 0) is 11.3 Å². The Morgan fingerprint density at radius 2 is 2.22 bits per heavy atom. The number of aromatic nitrogens is 1. The van der Waals surface area contributed by atoms with Gasteiger partial charge in [0.15, 0.2) is 5.82 Å². The molecular weight excluding hydrogens is 301 g/mol. The molecule has 0 radical (unpaired) electrons. The third-order valence-corrected chi connectivity index (χ3v) is 3.50. The highest BCUT2D eigenvalue weighted by Gasteiger charge is 2.10. The van der Waals surface area contributed by atoms with Crippen LogP contribution in [0.25, 0.3) is 0 Å². The maximum Gasteiger partial charge on any atom is 0.160 e. The van der Waals surface area contributed by atoms with Gasteiger partial charge < -0.3 is 10.1 Å². The molecule has 0 amide bonds. The van der Waals surface area contributed by atoms with Crippen LogP contribution in [0.3, 0.4) is 0 Å². The van der Waals surface area contributed by atoms with Crippen molar-refractivity contribution >= 4 is 15.9 Å². The van der Waals surface area contributed by atoms with Crippen LogP contribution in [0, 0.1) is 5.82 Å². The summed E-state index contributed by atoms with van der Waals surface area (Å²) in [6.07, 6.45) is 1.60. The van der Waals surface area contributed by atoms with Gasteiger partial charge in [-0.3, -0.25) is 4.90 Å². The van der Waals surface area contributed by atoms with Crippen LogP contribution in [0.2, 0.25) is 0 Å². The molecule has 100 valence electrons. The molecule has 1 aromatic rings. The van der Waals surface area contributed by atoms with Crippen LogP contribution in [0.15, 0.2) is 16.9 Å². The minimum Gasteiger partial charge on any atom is -0.379 e. The van der Waals surface area contributed by atoms with Gasteiger partial charge in [-0.2, -0.15) is 0 Å². The summed E-state index contributed by atoms with van der Waals surface area (Å²) in [5.41, 5.74) is 0.638. The smallest absolute Gasteiger partial charge is 0.160 e. The van der Waals surface area contributed by atoms with Gasteiger partial charge in [-0.15, -0.1) is 0 Å². The van der Waals surface area contributed by atoms with Gasteiger partial charge >= 0.3 is 0 Å². The minimum absolute atomic E-state index is 0.273. The minimum atomic E-state index is -0.281. The van der Waals surface area contributed by atoms with E-state index in [-0.39, 0.29) is 10.4 Å². The molecule has 6 heteroatoms. The first-order valence-corrected chi connectivity index (χ1v) is 6.86. The predicted octanol–water partition coefficient (Wildman–Crippen LogP) is 1.40. The van der Waals surface area contributed by atoms with Crippen LogP contribution in [0.4, 0.5) is 4.39 Å².